The third-order valence-corrected chi connectivity index (χ3v) is 4.35. The number of hydrogen-bond donors (Lipinski definition) is 2. The van der Waals surface area contributed by atoms with Crippen molar-refractivity contribution < 1.29 is 14.7 Å². The molecule has 1 aromatic rings. The van der Waals surface area contributed by atoms with E-state index in [0.717, 1.165) is 5.56 Å². The second-order valence-electron chi connectivity index (χ2n) is 5.89. The van der Waals surface area contributed by atoms with Gasteiger partial charge in [0.05, 0.1) is 11.8 Å². The van der Waals surface area contributed by atoms with Crippen molar-refractivity contribution in [1.29, 1.82) is 0 Å². The van der Waals surface area contributed by atoms with Gasteiger partial charge in [-0.1, -0.05) is 44.2 Å². The smallest absolute Gasteiger partial charge is 0.308 e. The van der Waals surface area contributed by atoms with Crippen LogP contribution in [0.2, 0.25) is 0 Å². The SMILES string of the molecule is CC1CN(C(=O)C(C)C(N)c2ccccc2)CC1C(=O)O. The predicted octanol–water partition coefficient (Wildman–Crippen LogP) is 1.50. The highest BCUT2D eigenvalue weighted by atomic mass is 16.4. The Hall–Kier alpha value is -1.88. The zero-order valence-electron chi connectivity index (χ0n) is 12.4. The van der Waals surface area contributed by atoms with Gasteiger partial charge in [0.25, 0.3) is 0 Å². The standard InChI is InChI=1S/C16H22N2O3/c1-10-8-18(9-13(10)16(20)21)15(19)11(2)14(17)12-6-4-3-5-7-12/h3-7,10-11,13-14H,8-9,17H2,1-2H3,(H,20,21). The summed E-state index contributed by atoms with van der Waals surface area (Å²) in [6.07, 6.45) is 0. The van der Waals surface area contributed by atoms with Gasteiger partial charge in [0.15, 0.2) is 0 Å². The molecular formula is C16H22N2O3. The van der Waals surface area contributed by atoms with Crippen LogP contribution in [0.25, 0.3) is 0 Å². The molecule has 1 saturated heterocycles. The topological polar surface area (TPSA) is 83.6 Å². The van der Waals surface area contributed by atoms with E-state index in [-0.39, 0.29) is 30.3 Å². The second-order valence-corrected chi connectivity index (χ2v) is 5.89. The van der Waals surface area contributed by atoms with Gasteiger partial charge in [-0.15, -0.1) is 0 Å². The fourth-order valence-electron chi connectivity index (χ4n) is 2.87. The molecule has 0 aromatic heterocycles. The number of carboxylic acid groups (broad SMARTS) is 1. The number of aliphatic carboxylic acids is 1. The molecule has 1 fully saturated rings. The summed E-state index contributed by atoms with van der Waals surface area (Å²) in [6.45, 7) is 4.44. The Bertz CT molecular complexity index is 518. The van der Waals surface area contributed by atoms with Gasteiger partial charge in [0.2, 0.25) is 5.91 Å². The number of rotatable bonds is 4. The first kappa shape index (κ1) is 15.5. The van der Waals surface area contributed by atoms with Gasteiger partial charge in [-0.3, -0.25) is 9.59 Å². The minimum atomic E-state index is -0.835. The van der Waals surface area contributed by atoms with Crippen LogP contribution in [0.15, 0.2) is 30.3 Å². The second kappa shape index (κ2) is 6.26. The summed E-state index contributed by atoms with van der Waals surface area (Å²) in [4.78, 5) is 25.3. The van der Waals surface area contributed by atoms with Crippen molar-refractivity contribution >= 4 is 11.9 Å². The number of hydrogen-bond acceptors (Lipinski definition) is 3. The summed E-state index contributed by atoms with van der Waals surface area (Å²) >= 11 is 0. The Morgan fingerprint density at radius 2 is 1.90 bits per heavy atom. The molecule has 4 unspecified atom stereocenters. The van der Waals surface area contributed by atoms with E-state index < -0.39 is 11.9 Å². The van der Waals surface area contributed by atoms with Crippen molar-refractivity contribution in [2.45, 2.75) is 19.9 Å². The largest absolute Gasteiger partial charge is 0.481 e. The number of nitrogens with two attached hydrogens (primary N) is 1. The highest BCUT2D eigenvalue weighted by Crippen LogP contribution is 2.27. The molecule has 1 aromatic carbocycles. The molecule has 21 heavy (non-hydrogen) atoms. The highest BCUT2D eigenvalue weighted by molar-refractivity contribution is 5.81. The number of carbonyl (C=O) groups excluding carboxylic acids is 1. The van der Waals surface area contributed by atoms with E-state index in [9.17, 15) is 9.59 Å². The summed E-state index contributed by atoms with van der Waals surface area (Å²) in [5, 5.41) is 9.15. The zero-order chi connectivity index (χ0) is 15.6. The average Bonchev–Trinajstić information content (AvgIpc) is 2.88. The van der Waals surface area contributed by atoms with Crippen molar-refractivity contribution in [3.05, 3.63) is 35.9 Å². The Balaban J connectivity index is 2.05. The molecule has 0 aliphatic carbocycles. The Labute approximate surface area is 124 Å². The van der Waals surface area contributed by atoms with Crippen molar-refractivity contribution in [3.8, 4) is 0 Å². The van der Waals surface area contributed by atoms with Gasteiger partial charge in [-0.05, 0) is 11.5 Å². The maximum Gasteiger partial charge on any atom is 0.308 e. The quantitative estimate of drug-likeness (QED) is 0.880. The molecule has 1 heterocycles. The maximum absolute atomic E-state index is 12.5. The minimum absolute atomic E-state index is 0.0217. The van der Waals surface area contributed by atoms with Crippen LogP contribution in [-0.2, 0) is 9.59 Å². The summed E-state index contributed by atoms with van der Waals surface area (Å²) in [5.41, 5.74) is 7.09. The molecule has 5 heteroatoms. The van der Waals surface area contributed by atoms with Crippen LogP contribution in [-0.4, -0.2) is 35.0 Å². The molecular weight excluding hydrogens is 268 g/mol. The molecule has 0 radical (unpaired) electrons. The molecule has 0 spiro atoms. The minimum Gasteiger partial charge on any atom is -0.481 e. The van der Waals surface area contributed by atoms with Crippen LogP contribution in [0.1, 0.15) is 25.5 Å². The average molecular weight is 290 g/mol. The van der Waals surface area contributed by atoms with E-state index >= 15 is 0 Å². The van der Waals surface area contributed by atoms with Gasteiger partial charge in [-0.25, -0.2) is 0 Å². The van der Waals surface area contributed by atoms with E-state index in [1.165, 1.54) is 0 Å². The highest BCUT2D eigenvalue weighted by Gasteiger charge is 2.39. The van der Waals surface area contributed by atoms with E-state index in [0.29, 0.717) is 6.54 Å². The maximum atomic E-state index is 12.5. The third-order valence-electron chi connectivity index (χ3n) is 4.35. The number of carbonyl (C=O) groups is 2. The van der Waals surface area contributed by atoms with E-state index in [2.05, 4.69) is 0 Å². The van der Waals surface area contributed by atoms with Crippen LogP contribution in [0.5, 0.6) is 0 Å². The number of amides is 1. The van der Waals surface area contributed by atoms with Crippen LogP contribution in [0, 0.1) is 17.8 Å². The Morgan fingerprint density at radius 1 is 1.29 bits per heavy atom. The lowest BCUT2D eigenvalue weighted by molar-refractivity contribution is -0.142. The van der Waals surface area contributed by atoms with Crippen LogP contribution < -0.4 is 5.73 Å². The molecule has 1 aliphatic heterocycles. The van der Waals surface area contributed by atoms with Crippen LogP contribution >= 0.6 is 0 Å². The molecule has 4 atom stereocenters. The van der Waals surface area contributed by atoms with Gasteiger partial charge >= 0.3 is 5.97 Å². The Morgan fingerprint density at radius 3 is 2.43 bits per heavy atom. The first-order chi connectivity index (χ1) is 9.91. The first-order valence-corrected chi connectivity index (χ1v) is 7.24. The molecule has 1 aliphatic rings. The number of likely N-dealkylation sites (tertiary alicyclic amines) is 1. The predicted molar refractivity (Wildman–Crippen MR) is 79.4 cm³/mol. The van der Waals surface area contributed by atoms with Crippen molar-refractivity contribution in [2.75, 3.05) is 13.1 Å². The molecule has 3 N–H and O–H groups in total. The summed E-state index contributed by atoms with van der Waals surface area (Å²) in [6, 6.07) is 9.12. The van der Waals surface area contributed by atoms with Crippen LogP contribution in [0.3, 0.4) is 0 Å². The van der Waals surface area contributed by atoms with Crippen molar-refractivity contribution in [1.82, 2.24) is 4.90 Å². The zero-order valence-corrected chi connectivity index (χ0v) is 12.4. The monoisotopic (exact) mass is 290 g/mol. The normalized spacial score (nSPS) is 24.6. The number of carboxylic acids is 1. The van der Waals surface area contributed by atoms with Crippen LogP contribution in [0.4, 0.5) is 0 Å². The molecule has 1 amide bonds. The fourth-order valence-corrected chi connectivity index (χ4v) is 2.87. The summed E-state index contributed by atoms with van der Waals surface area (Å²) < 4.78 is 0. The lowest BCUT2D eigenvalue weighted by Gasteiger charge is -2.25. The van der Waals surface area contributed by atoms with E-state index in [1.54, 1.807) is 11.8 Å². The molecule has 114 valence electrons. The van der Waals surface area contributed by atoms with Crippen molar-refractivity contribution in [3.63, 3.8) is 0 Å². The summed E-state index contributed by atoms with van der Waals surface area (Å²) in [7, 11) is 0. The molecule has 2 rings (SSSR count). The first-order valence-electron chi connectivity index (χ1n) is 7.24. The lowest BCUT2D eigenvalue weighted by atomic mass is 9.94. The van der Waals surface area contributed by atoms with Gasteiger partial charge < -0.3 is 15.7 Å². The lowest BCUT2D eigenvalue weighted by Crippen LogP contribution is -2.38. The molecule has 0 saturated carbocycles. The third kappa shape index (κ3) is 3.24. The number of benzene rings is 1. The van der Waals surface area contributed by atoms with Crippen molar-refractivity contribution in [2.24, 2.45) is 23.5 Å². The van der Waals surface area contributed by atoms with E-state index in [1.807, 2.05) is 37.3 Å². The van der Waals surface area contributed by atoms with Gasteiger partial charge in [0, 0.05) is 19.1 Å². The van der Waals surface area contributed by atoms with Gasteiger partial charge in [-0.2, -0.15) is 0 Å². The number of nitrogens with zero attached hydrogens (tertiary/aromatic N) is 1. The molecule has 0 bridgehead atoms. The molecule has 5 nitrogen and oxygen atoms in total. The van der Waals surface area contributed by atoms with E-state index in [4.69, 9.17) is 10.8 Å². The summed E-state index contributed by atoms with van der Waals surface area (Å²) in [5.74, 6) is -1.77. The van der Waals surface area contributed by atoms with Gasteiger partial charge in [0.1, 0.15) is 0 Å². The Kier molecular flexibility index (Phi) is 4.63. The fraction of sp³-hybridized carbons (Fsp3) is 0.500.